The van der Waals surface area contributed by atoms with Crippen LogP contribution in [-0.4, -0.2) is 25.2 Å². The van der Waals surface area contributed by atoms with Crippen molar-refractivity contribution in [3.05, 3.63) is 22.9 Å². The van der Waals surface area contributed by atoms with Crippen molar-refractivity contribution in [1.29, 1.82) is 0 Å². The van der Waals surface area contributed by atoms with Gasteiger partial charge in [-0.25, -0.2) is 0 Å². The fourth-order valence-corrected chi connectivity index (χ4v) is 1.48. The molecule has 4 heteroatoms. The zero-order valence-electron chi connectivity index (χ0n) is 8.29. The van der Waals surface area contributed by atoms with Crippen LogP contribution in [0.4, 0.5) is 5.69 Å². The van der Waals surface area contributed by atoms with Crippen molar-refractivity contribution in [3.8, 4) is 0 Å². The quantitative estimate of drug-likeness (QED) is 0.797. The third-order valence-electron chi connectivity index (χ3n) is 1.81. The third-order valence-corrected chi connectivity index (χ3v) is 2.24. The summed E-state index contributed by atoms with van der Waals surface area (Å²) in [4.78, 5) is 4.07. The zero-order valence-corrected chi connectivity index (χ0v) is 9.88. The molecular weight excluding hydrogens is 244 g/mol. The van der Waals surface area contributed by atoms with Crippen molar-refractivity contribution >= 4 is 21.6 Å². The summed E-state index contributed by atoms with van der Waals surface area (Å²) in [6.07, 6.45) is 5.79. The van der Waals surface area contributed by atoms with Gasteiger partial charge >= 0.3 is 0 Å². The highest BCUT2D eigenvalue weighted by Crippen LogP contribution is 2.13. The van der Waals surface area contributed by atoms with E-state index in [1.54, 1.807) is 13.3 Å². The Balaban J connectivity index is 2.18. The lowest BCUT2D eigenvalue weighted by atomic mass is 10.3. The summed E-state index contributed by atoms with van der Waals surface area (Å²) < 4.78 is 5.97. The molecular formula is C10H15BrN2O. The van der Waals surface area contributed by atoms with Crippen LogP contribution in [0.15, 0.2) is 22.9 Å². The number of aromatic nitrogens is 1. The Kier molecular flexibility index (Phi) is 5.56. The highest BCUT2D eigenvalue weighted by atomic mass is 79.9. The van der Waals surface area contributed by atoms with Crippen LogP contribution in [0, 0.1) is 0 Å². The van der Waals surface area contributed by atoms with E-state index in [0.29, 0.717) is 0 Å². The van der Waals surface area contributed by atoms with Crippen LogP contribution < -0.4 is 5.32 Å². The zero-order chi connectivity index (χ0) is 10.2. The molecule has 0 aliphatic rings. The largest absolute Gasteiger partial charge is 0.385 e. The van der Waals surface area contributed by atoms with Gasteiger partial charge < -0.3 is 10.1 Å². The van der Waals surface area contributed by atoms with E-state index in [0.717, 1.165) is 36.2 Å². The van der Waals surface area contributed by atoms with E-state index in [-0.39, 0.29) is 0 Å². The number of pyridine rings is 1. The molecule has 0 aliphatic carbocycles. The maximum absolute atomic E-state index is 4.97. The van der Waals surface area contributed by atoms with Gasteiger partial charge in [-0.1, -0.05) is 0 Å². The molecule has 0 radical (unpaired) electrons. The Morgan fingerprint density at radius 1 is 1.43 bits per heavy atom. The van der Waals surface area contributed by atoms with Crippen molar-refractivity contribution < 1.29 is 4.74 Å². The lowest BCUT2D eigenvalue weighted by Gasteiger charge is -2.05. The Bertz CT molecular complexity index is 268. The minimum Gasteiger partial charge on any atom is -0.385 e. The highest BCUT2D eigenvalue weighted by Gasteiger charge is 1.93. The SMILES string of the molecule is COCCCCNc1cncc(Br)c1. The number of anilines is 1. The predicted octanol–water partition coefficient (Wildman–Crippen LogP) is 2.68. The van der Waals surface area contributed by atoms with Crippen molar-refractivity contribution in [1.82, 2.24) is 4.98 Å². The average molecular weight is 259 g/mol. The molecule has 1 N–H and O–H groups in total. The number of halogens is 1. The van der Waals surface area contributed by atoms with E-state index in [4.69, 9.17) is 4.74 Å². The summed E-state index contributed by atoms with van der Waals surface area (Å²) in [5.74, 6) is 0. The van der Waals surface area contributed by atoms with Gasteiger partial charge in [-0.2, -0.15) is 0 Å². The van der Waals surface area contributed by atoms with Crippen LogP contribution in [0.5, 0.6) is 0 Å². The molecule has 14 heavy (non-hydrogen) atoms. The monoisotopic (exact) mass is 258 g/mol. The lowest BCUT2D eigenvalue weighted by Crippen LogP contribution is -2.03. The van der Waals surface area contributed by atoms with Crippen LogP contribution in [0.25, 0.3) is 0 Å². The number of rotatable bonds is 6. The van der Waals surface area contributed by atoms with Crippen LogP contribution >= 0.6 is 15.9 Å². The highest BCUT2D eigenvalue weighted by molar-refractivity contribution is 9.10. The maximum Gasteiger partial charge on any atom is 0.0538 e. The van der Waals surface area contributed by atoms with Gasteiger partial charge in [-0.15, -0.1) is 0 Å². The van der Waals surface area contributed by atoms with Gasteiger partial charge in [0.2, 0.25) is 0 Å². The number of methoxy groups -OCH3 is 1. The standard InChI is InChI=1S/C10H15BrN2O/c1-14-5-3-2-4-13-10-6-9(11)7-12-8-10/h6-8,13H,2-5H2,1H3. The lowest BCUT2D eigenvalue weighted by molar-refractivity contribution is 0.194. The Morgan fingerprint density at radius 3 is 3.00 bits per heavy atom. The molecule has 1 rings (SSSR count). The van der Waals surface area contributed by atoms with Crippen LogP contribution in [0.3, 0.4) is 0 Å². The molecule has 0 atom stereocenters. The van der Waals surface area contributed by atoms with E-state index in [1.165, 1.54) is 0 Å². The second-order valence-corrected chi connectivity index (χ2v) is 3.93. The Hall–Kier alpha value is -0.610. The molecule has 0 aliphatic heterocycles. The smallest absolute Gasteiger partial charge is 0.0538 e. The van der Waals surface area contributed by atoms with E-state index in [9.17, 15) is 0 Å². The van der Waals surface area contributed by atoms with E-state index in [1.807, 2.05) is 12.3 Å². The molecule has 0 saturated heterocycles. The van der Waals surface area contributed by atoms with Gasteiger partial charge in [0.1, 0.15) is 0 Å². The molecule has 0 aromatic carbocycles. The van der Waals surface area contributed by atoms with E-state index in [2.05, 4.69) is 26.2 Å². The molecule has 0 spiro atoms. The van der Waals surface area contributed by atoms with Crippen LogP contribution in [0.1, 0.15) is 12.8 Å². The number of nitrogens with zero attached hydrogens (tertiary/aromatic N) is 1. The summed E-state index contributed by atoms with van der Waals surface area (Å²) in [6.45, 7) is 1.79. The van der Waals surface area contributed by atoms with E-state index >= 15 is 0 Å². The molecule has 0 unspecified atom stereocenters. The second kappa shape index (κ2) is 6.79. The predicted molar refractivity (Wildman–Crippen MR) is 61.5 cm³/mol. The van der Waals surface area contributed by atoms with Gasteiger partial charge in [0.05, 0.1) is 11.9 Å². The van der Waals surface area contributed by atoms with Gasteiger partial charge in [0.15, 0.2) is 0 Å². The molecule has 1 aromatic rings. The molecule has 3 nitrogen and oxygen atoms in total. The molecule has 0 amide bonds. The topological polar surface area (TPSA) is 34.1 Å². The molecule has 1 heterocycles. The van der Waals surface area contributed by atoms with Gasteiger partial charge in [0, 0.05) is 30.9 Å². The van der Waals surface area contributed by atoms with Crippen LogP contribution in [0.2, 0.25) is 0 Å². The normalized spacial score (nSPS) is 10.1. The maximum atomic E-state index is 4.97. The number of hydrogen-bond acceptors (Lipinski definition) is 3. The molecule has 0 fully saturated rings. The number of ether oxygens (including phenoxy) is 1. The third kappa shape index (κ3) is 4.58. The summed E-state index contributed by atoms with van der Waals surface area (Å²) in [7, 11) is 1.73. The first-order chi connectivity index (χ1) is 6.83. The number of nitrogens with one attached hydrogen (secondary N) is 1. The molecule has 78 valence electrons. The average Bonchev–Trinajstić information content (AvgIpc) is 2.18. The molecule has 0 bridgehead atoms. The van der Waals surface area contributed by atoms with Crippen molar-refractivity contribution in [2.75, 3.05) is 25.6 Å². The minimum absolute atomic E-state index is 0.832. The molecule has 1 aromatic heterocycles. The summed E-state index contributed by atoms with van der Waals surface area (Å²) in [5.41, 5.74) is 1.05. The first-order valence-electron chi connectivity index (χ1n) is 4.66. The van der Waals surface area contributed by atoms with Crippen molar-refractivity contribution in [3.63, 3.8) is 0 Å². The first kappa shape index (κ1) is 11.5. The number of hydrogen-bond donors (Lipinski definition) is 1. The fraction of sp³-hybridized carbons (Fsp3) is 0.500. The number of unbranched alkanes of at least 4 members (excludes halogenated alkanes) is 1. The van der Waals surface area contributed by atoms with Gasteiger partial charge in [0.25, 0.3) is 0 Å². The summed E-state index contributed by atoms with van der Waals surface area (Å²) in [5, 5.41) is 3.30. The Labute approximate surface area is 93.0 Å². The van der Waals surface area contributed by atoms with Crippen LogP contribution in [-0.2, 0) is 4.74 Å². The van der Waals surface area contributed by atoms with Gasteiger partial charge in [-0.05, 0) is 34.8 Å². The summed E-state index contributed by atoms with van der Waals surface area (Å²) in [6, 6.07) is 2.02. The fourth-order valence-electron chi connectivity index (χ4n) is 1.11. The van der Waals surface area contributed by atoms with Crippen molar-refractivity contribution in [2.45, 2.75) is 12.8 Å². The van der Waals surface area contributed by atoms with E-state index < -0.39 is 0 Å². The first-order valence-corrected chi connectivity index (χ1v) is 5.45. The van der Waals surface area contributed by atoms with Crippen molar-refractivity contribution in [2.24, 2.45) is 0 Å². The Morgan fingerprint density at radius 2 is 2.29 bits per heavy atom. The minimum atomic E-state index is 0.832. The summed E-state index contributed by atoms with van der Waals surface area (Å²) >= 11 is 3.37. The van der Waals surface area contributed by atoms with Gasteiger partial charge in [-0.3, -0.25) is 4.98 Å². The molecule has 0 saturated carbocycles. The second-order valence-electron chi connectivity index (χ2n) is 3.02.